The summed E-state index contributed by atoms with van der Waals surface area (Å²) in [6.45, 7) is 10.1. The Hall–Kier alpha value is -3.47. The van der Waals surface area contributed by atoms with Crippen molar-refractivity contribution >= 4 is 44.8 Å². The molecule has 0 aliphatic heterocycles. The van der Waals surface area contributed by atoms with Crippen molar-refractivity contribution in [2.45, 2.75) is 13.5 Å². The predicted molar refractivity (Wildman–Crippen MR) is 134 cm³/mol. The fourth-order valence-electron chi connectivity index (χ4n) is 2.79. The van der Waals surface area contributed by atoms with Gasteiger partial charge in [0.25, 0.3) is 11.6 Å². The second kappa shape index (κ2) is 12.0. The summed E-state index contributed by atoms with van der Waals surface area (Å²) in [7, 11) is 0. The average Bonchev–Trinajstić information content (AvgIpc) is 2.82. The molecular formula is C25H21BrClN3O3. The highest BCUT2D eigenvalue weighted by atomic mass is 79.9. The number of benzene rings is 3. The first kappa shape index (κ1) is 24.2. The summed E-state index contributed by atoms with van der Waals surface area (Å²) >= 11 is 9.72. The average molecular weight is 527 g/mol. The normalized spacial score (nSPS) is 10.8. The summed E-state index contributed by atoms with van der Waals surface area (Å²) in [6.07, 6.45) is 1.35. The molecular weight excluding hydrogens is 506 g/mol. The van der Waals surface area contributed by atoms with Crippen LogP contribution in [-0.2, 0) is 11.4 Å². The molecule has 0 aliphatic carbocycles. The van der Waals surface area contributed by atoms with E-state index in [1.54, 1.807) is 30.3 Å². The third-order valence-electron chi connectivity index (χ3n) is 4.39. The molecule has 0 saturated carbocycles. The van der Waals surface area contributed by atoms with Crippen LogP contribution in [0.15, 0.2) is 83.1 Å². The maximum absolute atomic E-state index is 12.6. The molecule has 0 atom stereocenters. The number of ether oxygens (including phenoxy) is 2. The highest BCUT2D eigenvalue weighted by molar-refractivity contribution is 9.10. The molecule has 0 aromatic heterocycles. The number of nitrogens with one attached hydrogen (secondary N) is 2. The van der Waals surface area contributed by atoms with Crippen LogP contribution in [0.3, 0.4) is 0 Å². The molecule has 0 aliphatic rings. The Morgan fingerprint density at radius 2 is 1.82 bits per heavy atom. The summed E-state index contributed by atoms with van der Waals surface area (Å²) < 4.78 is 12.1. The van der Waals surface area contributed by atoms with Crippen molar-refractivity contribution in [2.24, 2.45) is 0 Å². The molecule has 0 unspecified atom stereocenters. The third-order valence-corrected chi connectivity index (χ3v) is 5.34. The highest BCUT2D eigenvalue weighted by Gasteiger charge is 2.12. The lowest BCUT2D eigenvalue weighted by molar-refractivity contribution is -0.112. The van der Waals surface area contributed by atoms with E-state index in [4.69, 9.17) is 27.6 Å². The lowest BCUT2D eigenvalue weighted by Crippen LogP contribution is -2.13. The molecule has 3 aromatic carbocycles. The maximum atomic E-state index is 12.6. The lowest BCUT2D eigenvalue weighted by Gasteiger charge is -2.11. The van der Waals surface area contributed by atoms with Crippen molar-refractivity contribution < 1.29 is 14.3 Å². The summed E-state index contributed by atoms with van der Waals surface area (Å²) in [6, 6.07) is 20.1. The minimum atomic E-state index is -0.561. The number of anilines is 2. The molecule has 8 heteroatoms. The van der Waals surface area contributed by atoms with Gasteiger partial charge in [0.15, 0.2) is 0 Å². The van der Waals surface area contributed by atoms with Gasteiger partial charge in [-0.05, 0) is 58.7 Å². The van der Waals surface area contributed by atoms with Crippen LogP contribution in [0, 0.1) is 6.57 Å². The summed E-state index contributed by atoms with van der Waals surface area (Å²) in [5.41, 5.74) is 2.04. The van der Waals surface area contributed by atoms with Crippen molar-refractivity contribution in [1.82, 2.24) is 0 Å². The number of halogens is 2. The van der Waals surface area contributed by atoms with E-state index in [0.29, 0.717) is 41.1 Å². The van der Waals surface area contributed by atoms with Gasteiger partial charge in [-0.25, -0.2) is 4.85 Å². The van der Waals surface area contributed by atoms with Gasteiger partial charge < -0.3 is 20.1 Å². The van der Waals surface area contributed by atoms with Gasteiger partial charge in [-0.15, -0.1) is 0 Å². The molecule has 33 heavy (non-hydrogen) atoms. The monoisotopic (exact) mass is 525 g/mol. The second-order valence-electron chi connectivity index (χ2n) is 6.74. The zero-order valence-electron chi connectivity index (χ0n) is 17.8. The van der Waals surface area contributed by atoms with E-state index in [1.165, 1.54) is 6.20 Å². The van der Waals surface area contributed by atoms with Crippen LogP contribution in [0.2, 0.25) is 5.02 Å². The fourth-order valence-corrected chi connectivity index (χ4v) is 3.38. The molecule has 168 valence electrons. The number of carbonyl (C=O) groups excluding carboxylic acids is 1. The van der Waals surface area contributed by atoms with Gasteiger partial charge in [-0.3, -0.25) is 4.79 Å². The number of hydrogen-bond donors (Lipinski definition) is 2. The molecule has 6 nitrogen and oxygen atoms in total. The van der Waals surface area contributed by atoms with Gasteiger partial charge in [0.2, 0.25) is 0 Å². The van der Waals surface area contributed by atoms with E-state index >= 15 is 0 Å². The SMILES string of the molecule is [C-]#[N+]/C(=C\Nc1ccc(Br)c(OCC)c1)C(=O)Nc1ccc(OCc2ccccc2)c(Cl)c1. The Morgan fingerprint density at radius 3 is 2.52 bits per heavy atom. The topological polar surface area (TPSA) is 64.0 Å². The van der Waals surface area contributed by atoms with E-state index < -0.39 is 5.91 Å². The first-order chi connectivity index (χ1) is 16.0. The first-order valence-electron chi connectivity index (χ1n) is 10.0. The smallest absolute Gasteiger partial charge is 0.265 e. The molecule has 0 heterocycles. The van der Waals surface area contributed by atoms with E-state index in [1.807, 2.05) is 43.3 Å². The number of carbonyl (C=O) groups is 1. The minimum absolute atomic E-state index is 0.114. The summed E-state index contributed by atoms with van der Waals surface area (Å²) in [5, 5.41) is 5.99. The van der Waals surface area contributed by atoms with Gasteiger partial charge in [-0.1, -0.05) is 41.9 Å². The molecule has 0 radical (unpaired) electrons. The summed E-state index contributed by atoms with van der Waals surface area (Å²) in [4.78, 5) is 15.9. The third kappa shape index (κ3) is 7.01. The van der Waals surface area contributed by atoms with Gasteiger partial charge in [-0.2, -0.15) is 0 Å². The fraction of sp³-hybridized carbons (Fsp3) is 0.120. The van der Waals surface area contributed by atoms with Crippen LogP contribution >= 0.6 is 27.5 Å². The molecule has 2 N–H and O–H groups in total. The Kier molecular flexibility index (Phi) is 8.76. The Balaban J connectivity index is 1.63. The van der Waals surface area contributed by atoms with Crippen molar-refractivity contribution in [1.29, 1.82) is 0 Å². The molecule has 0 saturated heterocycles. The maximum Gasteiger partial charge on any atom is 0.265 e. The largest absolute Gasteiger partial charge is 0.493 e. The Bertz CT molecular complexity index is 1190. The first-order valence-corrected chi connectivity index (χ1v) is 11.2. The van der Waals surface area contributed by atoms with Crippen LogP contribution in [0.5, 0.6) is 11.5 Å². The molecule has 0 fully saturated rings. The van der Waals surface area contributed by atoms with Crippen molar-refractivity contribution in [3.8, 4) is 11.5 Å². The Morgan fingerprint density at radius 1 is 1.06 bits per heavy atom. The van der Waals surface area contributed by atoms with Crippen LogP contribution in [0.4, 0.5) is 11.4 Å². The van der Waals surface area contributed by atoms with Gasteiger partial charge in [0, 0.05) is 23.6 Å². The predicted octanol–water partition coefficient (Wildman–Crippen LogP) is 6.89. The lowest BCUT2D eigenvalue weighted by atomic mass is 10.2. The number of hydrogen-bond acceptors (Lipinski definition) is 4. The van der Waals surface area contributed by atoms with Crippen LogP contribution < -0.4 is 20.1 Å². The van der Waals surface area contributed by atoms with Crippen LogP contribution in [-0.4, -0.2) is 12.5 Å². The standard InChI is InChI=1S/C25H21BrClN3O3/c1-3-32-24-14-18(9-11-20(24)26)29-15-22(28-2)25(31)30-19-10-12-23(21(27)13-19)33-16-17-7-5-4-6-8-17/h4-15,29H,3,16H2,1H3,(H,30,31)/b22-15-. The van der Waals surface area contributed by atoms with E-state index in [0.717, 1.165) is 10.0 Å². The van der Waals surface area contributed by atoms with Crippen molar-refractivity contribution in [2.75, 3.05) is 17.2 Å². The van der Waals surface area contributed by atoms with Crippen molar-refractivity contribution in [3.63, 3.8) is 0 Å². The van der Waals surface area contributed by atoms with Crippen LogP contribution in [0.25, 0.3) is 4.85 Å². The summed E-state index contributed by atoms with van der Waals surface area (Å²) in [5.74, 6) is 0.601. The highest BCUT2D eigenvalue weighted by Crippen LogP contribution is 2.30. The van der Waals surface area contributed by atoms with Gasteiger partial charge in [0.1, 0.15) is 18.1 Å². The molecule has 0 bridgehead atoms. The molecule has 3 aromatic rings. The van der Waals surface area contributed by atoms with E-state index in [-0.39, 0.29) is 5.70 Å². The molecule has 0 spiro atoms. The van der Waals surface area contributed by atoms with E-state index in [9.17, 15) is 4.79 Å². The van der Waals surface area contributed by atoms with E-state index in [2.05, 4.69) is 31.4 Å². The molecule has 3 rings (SSSR count). The van der Waals surface area contributed by atoms with Crippen molar-refractivity contribution in [3.05, 3.63) is 105 Å². The van der Waals surface area contributed by atoms with Crippen LogP contribution in [0.1, 0.15) is 12.5 Å². The Labute approximate surface area is 206 Å². The number of nitrogens with zero attached hydrogens (tertiary/aromatic N) is 1. The molecule has 1 amide bonds. The zero-order valence-corrected chi connectivity index (χ0v) is 20.1. The number of rotatable bonds is 9. The zero-order chi connectivity index (χ0) is 23.6. The minimum Gasteiger partial charge on any atom is -0.493 e. The van der Waals surface area contributed by atoms with Gasteiger partial charge in [0.05, 0.1) is 22.7 Å². The second-order valence-corrected chi connectivity index (χ2v) is 8.00. The van der Waals surface area contributed by atoms with Gasteiger partial charge >= 0.3 is 0 Å². The number of amides is 1. The quantitative estimate of drug-likeness (QED) is 0.235.